The second-order valence-electron chi connectivity index (χ2n) is 0.959. The summed E-state index contributed by atoms with van der Waals surface area (Å²) in [5.74, 6) is 0. The van der Waals surface area contributed by atoms with Gasteiger partial charge >= 0.3 is 0 Å². The molecule has 0 aliphatic carbocycles. The molecule has 0 N–H and O–H groups in total. The van der Waals surface area contributed by atoms with Crippen LogP contribution >= 0.6 is 0 Å². The first-order valence-electron chi connectivity index (χ1n) is 2.09. The van der Waals surface area contributed by atoms with Gasteiger partial charge in [-0.15, -0.1) is 0 Å². The third kappa shape index (κ3) is 6.42. The van der Waals surface area contributed by atoms with E-state index in [9.17, 15) is 0 Å². The lowest BCUT2D eigenvalue weighted by molar-refractivity contribution is 0.146. The monoisotopic (exact) mass is 128 g/mol. The van der Waals surface area contributed by atoms with E-state index >= 15 is 0 Å². The molecule has 7 nitrogen and oxygen atoms in total. The van der Waals surface area contributed by atoms with Gasteiger partial charge in [-0.25, -0.2) is 0 Å². The lowest BCUT2D eigenvalue weighted by atomic mass is 10.7. The van der Waals surface area contributed by atoms with Crippen molar-refractivity contribution in [3.8, 4) is 0 Å². The van der Waals surface area contributed by atoms with Gasteiger partial charge in [-0.3, -0.25) is 0 Å². The van der Waals surface area contributed by atoms with E-state index in [1.54, 1.807) is 0 Å². The molecule has 0 aromatic rings. The average molecular weight is 128 g/mol. The van der Waals surface area contributed by atoms with Gasteiger partial charge in [0.25, 0.3) is 0 Å². The Balaban J connectivity index is 3.09. The molecule has 0 amide bonds. The zero-order chi connectivity index (χ0) is 6.95. The highest BCUT2D eigenvalue weighted by Gasteiger charge is 1.77. The Morgan fingerprint density at radius 1 is 1.33 bits per heavy atom. The van der Waals surface area contributed by atoms with Gasteiger partial charge in [0.2, 0.25) is 0 Å². The first kappa shape index (κ1) is 7.42. The number of azide groups is 2. The second-order valence-corrected chi connectivity index (χ2v) is 0.959. The zero-order valence-corrected chi connectivity index (χ0v) is 4.51. The number of hydrogen-bond donors (Lipinski definition) is 0. The summed E-state index contributed by atoms with van der Waals surface area (Å²) >= 11 is 0. The third-order valence-corrected chi connectivity index (χ3v) is 0.440. The minimum absolute atomic E-state index is 0.119. The fraction of sp³-hybridized carbons (Fsp3) is 1.00. The van der Waals surface area contributed by atoms with E-state index in [0.29, 0.717) is 0 Å². The molecule has 0 spiro atoms. The molecule has 0 aliphatic heterocycles. The molecule has 0 unspecified atom stereocenters. The normalized spacial score (nSPS) is 6.67. The molecule has 0 atom stereocenters. The lowest BCUT2D eigenvalue weighted by Gasteiger charge is -1.87. The van der Waals surface area contributed by atoms with E-state index in [0.717, 1.165) is 0 Å². The molecule has 0 saturated heterocycles. The van der Waals surface area contributed by atoms with E-state index in [4.69, 9.17) is 11.1 Å². The van der Waals surface area contributed by atoms with E-state index in [-0.39, 0.29) is 13.2 Å². The smallest absolute Gasteiger partial charge is 0.111 e. The SMILES string of the molecule is [N-]=[N+]=NCCON=[N+]=[N-]. The molecule has 0 radical (unpaired) electrons. The summed E-state index contributed by atoms with van der Waals surface area (Å²) in [6.45, 7) is 0.295. The van der Waals surface area contributed by atoms with Gasteiger partial charge in [-0.1, -0.05) is 5.11 Å². The van der Waals surface area contributed by atoms with Crippen molar-refractivity contribution in [2.24, 2.45) is 10.4 Å². The standard InChI is InChI=1S/C2H4N6O/c3-6-5-1-2-9-8-7-4/h1-2H2. The van der Waals surface area contributed by atoms with E-state index in [2.05, 4.69) is 25.1 Å². The first-order chi connectivity index (χ1) is 4.41. The van der Waals surface area contributed by atoms with Crippen molar-refractivity contribution in [1.82, 2.24) is 0 Å². The second kappa shape index (κ2) is 6.42. The van der Waals surface area contributed by atoms with Crippen molar-refractivity contribution < 1.29 is 4.84 Å². The molecule has 0 heterocycles. The summed E-state index contributed by atoms with van der Waals surface area (Å²) in [7, 11) is 0. The van der Waals surface area contributed by atoms with Crippen LogP contribution in [-0.4, -0.2) is 13.2 Å². The molecule has 0 bridgehead atoms. The molecular formula is C2H4N6O. The van der Waals surface area contributed by atoms with Gasteiger partial charge in [0.15, 0.2) is 0 Å². The van der Waals surface area contributed by atoms with Crippen LogP contribution in [0.25, 0.3) is 20.9 Å². The van der Waals surface area contributed by atoms with Crippen LogP contribution in [0.2, 0.25) is 0 Å². The molecule has 7 heteroatoms. The maximum Gasteiger partial charge on any atom is 0.111 e. The van der Waals surface area contributed by atoms with Crippen LogP contribution in [0, 0.1) is 0 Å². The van der Waals surface area contributed by atoms with Crippen molar-refractivity contribution in [2.75, 3.05) is 13.2 Å². The van der Waals surface area contributed by atoms with Gasteiger partial charge in [-0.2, -0.15) is 0 Å². The number of hydrogen-bond acceptors (Lipinski definition) is 3. The van der Waals surface area contributed by atoms with Crippen LogP contribution in [0.4, 0.5) is 0 Å². The Kier molecular flexibility index (Phi) is 5.29. The number of nitrogens with zero attached hydrogens (tertiary/aromatic N) is 6. The van der Waals surface area contributed by atoms with Gasteiger partial charge in [0.05, 0.1) is 6.54 Å². The van der Waals surface area contributed by atoms with Crippen molar-refractivity contribution in [3.63, 3.8) is 0 Å². The Morgan fingerprint density at radius 2 is 2.11 bits per heavy atom. The topological polar surface area (TPSA) is 107 Å². The molecule has 48 valence electrons. The predicted molar refractivity (Wildman–Crippen MR) is 29.1 cm³/mol. The Bertz CT molecular complexity index is 134. The highest BCUT2D eigenvalue weighted by molar-refractivity contribution is 4.42. The fourth-order valence-corrected chi connectivity index (χ4v) is 0.193. The van der Waals surface area contributed by atoms with Crippen molar-refractivity contribution in [3.05, 3.63) is 20.9 Å². The highest BCUT2D eigenvalue weighted by atomic mass is 16.6. The summed E-state index contributed by atoms with van der Waals surface area (Å²) < 4.78 is 0. The van der Waals surface area contributed by atoms with Crippen molar-refractivity contribution in [1.29, 1.82) is 0 Å². The van der Waals surface area contributed by atoms with Crippen LogP contribution in [0.3, 0.4) is 0 Å². The van der Waals surface area contributed by atoms with Crippen LogP contribution in [-0.2, 0) is 4.84 Å². The first-order valence-corrected chi connectivity index (χ1v) is 2.09. The minimum atomic E-state index is 0.119. The largest absolute Gasteiger partial charge is 0.433 e. The molecule has 9 heavy (non-hydrogen) atoms. The Hall–Kier alpha value is -1.58. The zero-order valence-electron chi connectivity index (χ0n) is 4.51. The van der Waals surface area contributed by atoms with Gasteiger partial charge in [0, 0.05) is 9.82 Å². The van der Waals surface area contributed by atoms with Crippen LogP contribution in [0.1, 0.15) is 0 Å². The maximum absolute atomic E-state index is 7.72. The molecule has 0 aromatic carbocycles. The lowest BCUT2D eigenvalue weighted by Crippen LogP contribution is -1.88. The van der Waals surface area contributed by atoms with Crippen LogP contribution in [0.15, 0.2) is 10.4 Å². The van der Waals surface area contributed by atoms with Crippen LogP contribution < -0.4 is 0 Å². The average Bonchev–Trinajstić information content (AvgIpc) is 1.89. The molecule has 0 rings (SSSR count). The van der Waals surface area contributed by atoms with Gasteiger partial charge < -0.3 is 4.84 Å². The predicted octanol–water partition coefficient (Wildman–Crippen LogP) is 1.54. The summed E-state index contributed by atoms with van der Waals surface area (Å²) in [6.07, 6.45) is 0. The number of rotatable bonds is 4. The van der Waals surface area contributed by atoms with Crippen molar-refractivity contribution >= 4 is 0 Å². The molecule has 0 aliphatic rings. The summed E-state index contributed by atoms with van der Waals surface area (Å²) in [5, 5.41) is 5.86. The van der Waals surface area contributed by atoms with E-state index in [1.807, 2.05) is 0 Å². The summed E-state index contributed by atoms with van der Waals surface area (Å²) in [6, 6.07) is 0. The highest BCUT2D eigenvalue weighted by Crippen LogP contribution is 1.77. The van der Waals surface area contributed by atoms with Crippen molar-refractivity contribution in [2.45, 2.75) is 0 Å². The summed E-state index contributed by atoms with van der Waals surface area (Å²) in [4.78, 5) is 8.97. The quantitative estimate of drug-likeness (QED) is 0.185. The molecule has 0 aromatic heterocycles. The molecule has 0 fully saturated rings. The third-order valence-electron chi connectivity index (χ3n) is 0.440. The van der Waals surface area contributed by atoms with Gasteiger partial charge in [0.1, 0.15) is 11.9 Å². The van der Waals surface area contributed by atoms with Gasteiger partial charge in [-0.05, 0) is 11.1 Å². The Labute approximate surface area is 50.4 Å². The maximum atomic E-state index is 7.72. The molecular weight excluding hydrogens is 124 g/mol. The summed E-state index contributed by atoms with van der Waals surface area (Å²) in [5.41, 5.74) is 15.4. The molecule has 0 saturated carbocycles. The van der Waals surface area contributed by atoms with E-state index < -0.39 is 0 Å². The van der Waals surface area contributed by atoms with E-state index in [1.165, 1.54) is 0 Å². The Morgan fingerprint density at radius 3 is 2.67 bits per heavy atom. The minimum Gasteiger partial charge on any atom is -0.433 e. The van der Waals surface area contributed by atoms with Crippen LogP contribution in [0.5, 0.6) is 0 Å². The fourth-order valence-electron chi connectivity index (χ4n) is 0.193.